The molecule has 16 heavy (non-hydrogen) atoms. The van der Waals surface area contributed by atoms with Crippen LogP contribution < -0.4 is 0 Å². The van der Waals surface area contributed by atoms with E-state index in [0.29, 0.717) is 0 Å². The summed E-state index contributed by atoms with van der Waals surface area (Å²) in [6, 6.07) is 15.3. The highest BCUT2D eigenvalue weighted by molar-refractivity contribution is 6.09. The van der Waals surface area contributed by atoms with E-state index in [1.807, 2.05) is 24.3 Å². The largest absolute Gasteiger partial charge is 0.508 e. The molecule has 0 heterocycles. The molecule has 0 spiro atoms. The average molecular weight is 209 g/mol. The summed E-state index contributed by atoms with van der Waals surface area (Å²) in [5.74, 6) is 0.370. The van der Waals surface area contributed by atoms with Gasteiger partial charge >= 0.3 is 0 Å². The number of aromatic hydroxyl groups is 2. The molecular weight excluding hydrogens is 200 g/mol. The van der Waals surface area contributed by atoms with Crippen molar-refractivity contribution in [2.24, 2.45) is 0 Å². The van der Waals surface area contributed by atoms with Crippen molar-refractivity contribution in [2.45, 2.75) is 0 Å². The van der Waals surface area contributed by atoms with E-state index in [4.69, 9.17) is 0 Å². The fourth-order valence-corrected chi connectivity index (χ4v) is 2.00. The van der Waals surface area contributed by atoms with Crippen molar-refractivity contribution in [3.05, 3.63) is 48.5 Å². The lowest BCUT2D eigenvalue weighted by Crippen LogP contribution is -1.78. The van der Waals surface area contributed by atoms with Gasteiger partial charge in [0.2, 0.25) is 0 Å². The summed E-state index contributed by atoms with van der Waals surface area (Å²) in [5, 5.41) is 22.8. The van der Waals surface area contributed by atoms with Crippen LogP contribution in [0.3, 0.4) is 0 Å². The van der Waals surface area contributed by atoms with Crippen LogP contribution in [0.1, 0.15) is 0 Å². The monoisotopic (exact) mass is 209 g/mol. The Labute approximate surface area is 92.4 Å². The molecule has 0 aliphatic carbocycles. The Hall–Kier alpha value is -2.22. The quantitative estimate of drug-likeness (QED) is 0.558. The third-order valence-corrected chi connectivity index (χ3v) is 2.77. The first-order valence-corrected chi connectivity index (χ1v) is 5.01. The first-order valence-electron chi connectivity index (χ1n) is 5.01. The Balaban J connectivity index is 2.58. The Morgan fingerprint density at radius 3 is 2.50 bits per heavy atom. The minimum atomic E-state index is 0.141. The molecule has 1 radical (unpaired) electrons. The van der Waals surface area contributed by atoms with E-state index < -0.39 is 0 Å². The molecule has 0 amide bonds. The van der Waals surface area contributed by atoms with Crippen LogP contribution in [0.15, 0.2) is 42.5 Å². The normalized spacial score (nSPS) is 11.0. The minimum absolute atomic E-state index is 0.141. The zero-order valence-electron chi connectivity index (χ0n) is 8.44. The molecule has 0 fully saturated rings. The molecule has 2 heteroatoms. The lowest BCUT2D eigenvalue weighted by molar-refractivity contribution is 0.476. The maximum atomic E-state index is 9.68. The van der Waals surface area contributed by atoms with Gasteiger partial charge in [-0.25, -0.2) is 0 Å². The van der Waals surface area contributed by atoms with Gasteiger partial charge in [-0.05, 0) is 34.4 Å². The van der Waals surface area contributed by atoms with E-state index >= 15 is 0 Å². The fourth-order valence-electron chi connectivity index (χ4n) is 2.00. The third kappa shape index (κ3) is 1.20. The molecule has 2 N–H and O–H groups in total. The van der Waals surface area contributed by atoms with Gasteiger partial charge in [0.1, 0.15) is 11.5 Å². The van der Waals surface area contributed by atoms with Crippen LogP contribution in [-0.2, 0) is 0 Å². The lowest BCUT2D eigenvalue weighted by Gasteiger charge is -2.05. The van der Waals surface area contributed by atoms with Gasteiger partial charge in [-0.2, -0.15) is 0 Å². The average Bonchev–Trinajstić information content (AvgIpc) is 2.29. The predicted octanol–water partition coefficient (Wildman–Crippen LogP) is 3.20. The molecule has 77 valence electrons. The van der Waals surface area contributed by atoms with E-state index in [1.165, 1.54) is 0 Å². The minimum Gasteiger partial charge on any atom is -0.508 e. The van der Waals surface area contributed by atoms with Gasteiger partial charge in [0, 0.05) is 11.5 Å². The van der Waals surface area contributed by atoms with Crippen LogP contribution in [0.2, 0.25) is 0 Å². The second kappa shape index (κ2) is 3.14. The van der Waals surface area contributed by atoms with Crippen molar-refractivity contribution in [3.63, 3.8) is 0 Å². The highest BCUT2D eigenvalue weighted by atomic mass is 16.3. The molecule has 0 aromatic heterocycles. The van der Waals surface area contributed by atoms with E-state index in [0.717, 1.165) is 21.5 Å². The van der Waals surface area contributed by atoms with Gasteiger partial charge in [-0.3, -0.25) is 0 Å². The molecule has 0 aliphatic heterocycles. The Bertz CT molecular complexity index is 687. The van der Waals surface area contributed by atoms with E-state index in [9.17, 15) is 10.2 Å². The molecule has 0 saturated carbocycles. The number of phenolic OH excluding ortho intramolecular Hbond substituents is 2. The Morgan fingerprint density at radius 2 is 1.62 bits per heavy atom. The molecule has 0 saturated heterocycles. The summed E-state index contributed by atoms with van der Waals surface area (Å²) in [6.07, 6.45) is 0. The van der Waals surface area contributed by atoms with Crippen LogP contribution in [0, 0.1) is 6.07 Å². The van der Waals surface area contributed by atoms with Crippen molar-refractivity contribution in [2.75, 3.05) is 0 Å². The Morgan fingerprint density at radius 1 is 0.812 bits per heavy atom. The van der Waals surface area contributed by atoms with Crippen molar-refractivity contribution in [1.29, 1.82) is 0 Å². The molecule has 3 rings (SSSR count). The predicted molar refractivity (Wildman–Crippen MR) is 63.6 cm³/mol. The fraction of sp³-hybridized carbons (Fsp3) is 0. The summed E-state index contributed by atoms with van der Waals surface area (Å²) < 4.78 is 0. The summed E-state index contributed by atoms with van der Waals surface area (Å²) in [6.45, 7) is 0. The van der Waals surface area contributed by atoms with Crippen LogP contribution >= 0.6 is 0 Å². The maximum absolute atomic E-state index is 9.68. The topological polar surface area (TPSA) is 40.5 Å². The van der Waals surface area contributed by atoms with E-state index in [-0.39, 0.29) is 11.5 Å². The van der Waals surface area contributed by atoms with Gasteiger partial charge in [-0.15, -0.1) is 0 Å². The molecular formula is C14H9O2. The zero-order chi connectivity index (χ0) is 11.1. The van der Waals surface area contributed by atoms with Crippen LogP contribution in [0.4, 0.5) is 0 Å². The van der Waals surface area contributed by atoms with Gasteiger partial charge in [0.05, 0.1) is 0 Å². The maximum Gasteiger partial charge on any atom is 0.131 e. The lowest BCUT2D eigenvalue weighted by atomic mass is 10.0. The summed E-state index contributed by atoms with van der Waals surface area (Å²) in [4.78, 5) is 0. The molecule has 3 aromatic rings. The van der Waals surface area contributed by atoms with Crippen LogP contribution in [0.5, 0.6) is 11.5 Å². The highest BCUT2D eigenvalue weighted by Crippen LogP contribution is 2.32. The third-order valence-electron chi connectivity index (χ3n) is 2.77. The molecule has 0 unspecified atom stereocenters. The van der Waals surface area contributed by atoms with Gasteiger partial charge in [0.15, 0.2) is 0 Å². The number of hydrogen-bond acceptors (Lipinski definition) is 2. The van der Waals surface area contributed by atoms with Crippen molar-refractivity contribution >= 4 is 21.5 Å². The summed E-state index contributed by atoms with van der Waals surface area (Å²) >= 11 is 0. The second-order valence-electron chi connectivity index (χ2n) is 3.76. The molecule has 0 atom stereocenters. The molecule has 3 aromatic carbocycles. The number of rotatable bonds is 0. The van der Waals surface area contributed by atoms with Gasteiger partial charge < -0.3 is 10.2 Å². The van der Waals surface area contributed by atoms with E-state index in [2.05, 4.69) is 6.07 Å². The smallest absolute Gasteiger partial charge is 0.131 e. The Kier molecular flexibility index (Phi) is 1.77. The number of fused-ring (bicyclic) bond motifs is 3. The summed E-state index contributed by atoms with van der Waals surface area (Å²) in [5.41, 5.74) is 0. The zero-order valence-corrected chi connectivity index (χ0v) is 8.44. The molecule has 0 aliphatic rings. The number of benzene rings is 3. The van der Waals surface area contributed by atoms with Gasteiger partial charge in [-0.1, -0.05) is 24.3 Å². The number of phenols is 2. The SMILES string of the molecule is Oc1ccc2ccc3c(O)[c]ccc3c2c1. The highest BCUT2D eigenvalue weighted by Gasteiger charge is 2.04. The first-order chi connectivity index (χ1) is 7.75. The van der Waals surface area contributed by atoms with Crippen molar-refractivity contribution in [3.8, 4) is 11.5 Å². The second-order valence-corrected chi connectivity index (χ2v) is 3.76. The molecule has 2 nitrogen and oxygen atoms in total. The summed E-state index contributed by atoms with van der Waals surface area (Å²) in [7, 11) is 0. The number of hydrogen-bond donors (Lipinski definition) is 2. The standard InChI is InChI=1S/C14H9O2/c15-10-6-4-9-5-7-12-11(13(9)8-10)2-1-3-14(12)16/h1-2,4-8,15-16H. The van der Waals surface area contributed by atoms with Gasteiger partial charge in [0.25, 0.3) is 0 Å². The molecule has 0 bridgehead atoms. The van der Waals surface area contributed by atoms with Crippen LogP contribution in [0.25, 0.3) is 21.5 Å². The van der Waals surface area contributed by atoms with E-state index in [1.54, 1.807) is 18.2 Å². The van der Waals surface area contributed by atoms with Crippen molar-refractivity contribution in [1.82, 2.24) is 0 Å². The van der Waals surface area contributed by atoms with Crippen LogP contribution in [-0.4, -0.2) is 10.2 Å². The van der Waals surface area contributed by atoms with Crippen molar-refractivity contribution < 1.29 is 10.2 Å². The first kappa shape index (κ1) is 9.04.